The van der Waals surface area contributed by atoms with Crippen LogP contribution in [0.15, 0.2) is 36.4 Å². The number of nitrogens with one attached hydrogen (secondary N) is 1. The van der Waals surface area contributed by atoms with Gasteiger partial charge in [0.25, 0.3) is 0 Å². The zero-order valence-electron chi connectivity index (χ0n) is 13.7. The van der Waals surface area contributed by atoms with Gasteiger partial charge in [-0.25, -0.2) is 0 Å². The molecule has 6 heteroatoms. The van der Waals surface area contributed by atoms with E-state index in [4.69, 9.17) is 44.3 Å². The second-order valence-corrected chi connectivity index (χ2v) is 7.32. The molecule has 1 fully saturated rings. The summed E-state index contributed by atoms with van der Waals surface area (Å²) in [6.45, 7) is 2.73. The van der Waals surface area contributed by atoms with Crippen molar-refractivity contribution in [2.24, 2.45) is 0 Å². The van der Waals surface area contributed by atoms with Gasteiger partial charge in [-0.3, -0.25) is 0 Å². The van der Waals surface area contributed by atoms with Crippen LogP contribution in [0.4, 0.5) is 0 Å². The molecule has 3 nitrogen and oxygen atoms in total. The summed E-state index contributed by atoms with van der Waals surface area (Å²) < 4.78 is 11.6. The summed E-state index contributed by atoms with van der Waals surface area (Å²) in [5.41, 5.74) is 1.90. The normalized spacial score (nSPS) is 17.0. The summed E-state index contributed by atoms with van der Waals surface area (Å²) in [7, 11) is 0. The Morgan fingerprint density at radius 3 is 2.60 bits per heavy atom. The first kappa shape index (κ1) is 18.8. The minimum atomic E-state index is 0.302. The van der Waals surface area contributed by atoms with Gasteiger partial charge >= 0.3 is 0 Å². The third-order valence-electron chi connectivity index (χ3n) is 4.13. The fourth-order valence-corrected chi connectivity index (χ4v) is 3.45. The van der Waals surface area contributed by atoms with Gasteiger partial charge in [0.2, 0.25) is 0 Å². The van der Waals surface area contributed by atoms with Crippen LogP contribution < -0.4 is 10.1 Å². The second-order valence-electron chi connectivity index (χ2n) is 6.04. The summed E-state index contributed by atoms with van der Waals surface area (Å²) in [6.07, 6.45) is 2.55. The number of hydrogen-bond acceptors (Lipinski definition) is 3. The number of hydrogen-bond donors (Lipinski definition) is 1. The molecule has 3 rings (SSSR count). The van der Waals surface area contributed by atoms with Crippen molar-refractivity contribution in [2.75, 3.05) is 13.2 Å². The van der Waals surface area contributed by atoms with Gasteiger partial charge < -0.3 is 14.8 Å². The fraction of sp³-hybridized carbons (Fsp3) is 0.368. The molecule has 1 aliphatic heterocycles. The van der Waals surface area contributed by atoms with Crippen molar-refractivity contribution in [2.45, 2.75) is 32.1 Å². The van der Waals surface area contributed by atoms with Gasteiger partial charge in [0.15, 0.2) is 0 Å². The molecular weight excluding hydrogens is 381 g/mol. The quantitative estimate of drug-likeness (QED) is 0.666. The smallest absolute Gasteiger partial charge is 0.124 e. The summed E-state index contributed by atoms with van der Waals surface area (Å²) in [6, 6.07) is 11.0. The van der Waals surface area contributed by atoms with Gasteiger partial charge in [-0.2, -0.15) is 0 Å². The Morgan fingerprint density at radius 1 is 1.04 bits per heavy atom. The van der Waals surface area contributed by atoms with Gasteiger partial charge in [-0.15, -0.1) is 0 Å². The van der Waals surface area contributed by atoms with E-state index in [1.807, 2.05) is 24.3 Å². The highest BCUT2D eigenvalue weighted by Gasteiger charge is 2.15. The van der Waals surface area contributed by atoms with Crippen molar-refractivity contribution in [3.05, 3.63) is 62.6 Å². The van der Waals surface area contributed by atoms with E-state index in [-0.39, 0.29) is 0 Å². The summed E-state index contributed by atoms with van der Waals surface area (Å²) in [5.74, 6) is 0.787. The van der Waals surface area contributed by atoms with Crippen molar-refractivity contribution in [1.82, 2.24) is 5.32 Å². The predicted molar refractivity (Wildman–Crippen MR) is 103 cm³/mol. The molecule has 1 heterocycles. The Labute approximate surface area is 163 Å². The molecule has 0 amide bonds. The van der Waals surface area contributed by atoms with E-state index in [9.17, 15) is 0 Å². The summed E-state index contributed by atoms with van der Waals surface area (Å²) in [5, 5.41) is 5.31. The molecule has 1 saturated heterocycles. The molecule has 0 aromatic heterocycles. The molecule has 1 N–H and O–H groups in total. The zero-order valence-corrected chi connectivity index (χ0v) is 16.0. The molecule has 0 radical (unpaired) electrons. The molecule has 2 aromatic rings. The van der Waals surface area contributed by atoms with E-state index in [2.05, 4.69) is 5.32 Å². The Hall–Kier alpha value is -0.970. The van der Waals surface area contributed by atoms with Crippen LogP contribution in [-0.2, 0) is 17.9 Å². The standard InChI is InChI=1S/C19H20Cl3NO2/c20-15-5-6-19(25-12-13-3-4-16(21)9-18(13)22)14(8-15)10-23-11-17-2-1-7-24-17/h3-6,8-9,17,23H,1-2,7,10-12H2/t17-/m0/s1. The van der Waals surface area contributed by atoms with Gasteiger partial charge in [0.1, 0.15) is 12.4 Å². The Kier molecular flexibility index (Phi) is 6.85. The first-order valence-electron chi connectivity index (χ1n) is 8.29. The molecule has 0 spiro atoms. The van der Waals surface area contributed by atoms with E-state index in [0.717, 1.165) is 42.9 Å². The highest BCUT2D eigenvalue weighted by atomic mass is 35.5. The lowest BCUT2D eigenvalue weighted by Gasteiger charge is -2.15. The van der Waals surface area contributed by atoms with Gasteiger partial charge in [-0.1, -0.05) is 40.9 Å². The molecule has 1 atom stereocenters. The van der Waals surface area contributed by atoms with E-state index in [1.165, 1.54) is 0 Å². The first-order chi connectivity index (χ1) is 12.1. The van der Waals surface area contributed by atoms with Crippen LogP contribution in [0.25, 0.3) is 0 Å². The molecule has 0 saturated carbocycles. The van der Waals surface area contributed by atoms with E-state index in [1.54, 1.807) is 12.1 Å². The van der Waals surface area contributed by atoms with Crippen LogP contribution in [-0.4, -0.2) is 19.3 Å². The van der Waals surface area contributed by atoms with Crippen LogP contribution in [0.3, 0.4) is 0 Å². The topological polar surface area (TPSA) is 30.5 Å². The molecular formula is C19H20Cl3NO2. The van der Waals surface area contributed by atoms with Gasteiger partial charge in [0.05, 0.1) is 6.10 Å². The van der Waals surface area contributed by atoms with Gasteiger partial charge in [0, 0.05) is 45.9 Å². The lowest BCUT2D eigenvalue weighted by Crippen LogP contribution is -2.26. The molecule has 2 aromatic carbocycles. The van der Waals surface area contributed by atoms with Crippen LogP contribution in [0, 0.1) is 0 Å². The average molecular weight is 401 g/mol. The maximum atomic E-state index is 6.21. The van der Waals surface area contributed by atoms with Crippen molar-refractivity contribution < 1.29 is 9.47 Å². The largest absolute Gasteiger partial charge is 0.489 e. The highest BCUT2D eigenvalue weighted by Crippen LogP contribution is 2.26. The monoisotopic (exact) mass is 399 g/mol. The Morgan fingerprint density at radius 2 is 1.84 bits per heavy atom. The third-order valence-corrected chi connectivity index (χ3v) is 4.95. The Balaban J connectivity index is 1.61. The van der Waals surface area contributed by atoms with Crippen molar-refractivity contribution in [1.29, 1.82) is 0 Å². The van der Waals surface area contributed by atoms with E-state index in [0.29, 0.717) is 34.3 Å². The molecule has 134 valence electrons. The van der Waals surface area contributed by atoms with E-state index < -0.39 is 0 Å². The number of rotatable bonds is 7. The number of benzene rings is 2. The molecule has 0 bridgehead atoms. The Bertz CT molecular complexity index is 718. The average Bonchev–Trinajstić information content (AvgIpc) is 3.09. The SMILES string of the molecule is Clc1ccc(COc2ccc(Cl)cc2CNC[C@@H]2CCCO2)c(Cl)c1. The molecule has 1 aliphatic rings. The van der Waals surface area contributed by atoms with Gasteiger partial charge in [-0.05, 0) is 43.2 Å². The van der Waals surface area contributed by atoms with Crippen LogP contribution in [0.2, 0.25) is 15.1 Å². The second kappa shape index (κ2) is 9.11. The molecule has 0 aliphatic carbocycles. The molecule has 25 heavy (non-hydrogen) atoms. The van der Waals surface area contributed by atoms with Crippen molar-refractivity contribution >= 4 is 34.8 Å². The van der Waals surface area contributed by atoms with E-state index >= 15 is 0 Å². The van der Waals surface area contributed by atoms with Crippen LogP contribution >= 0.6 is 34.8 Å². The summed E-state index contributed by atoms with van der Waals surface area (Å²) >= 11 is 18.3. The maximum absolute atomic E-state index is 6.21. The minimum absolute atomic E-state index is 0.302. The lowest BCUT2D eigenvalue weighted by atomic mass is 10.2. The zero-order chi connectivity index (χ0) is 17.6. The van der Waals surface area contributed by atoms with Crippen molar-refractivity contribution in [3.8, 4) is 5.75 Å². The third kappa shape index (κ3) is 5.50. The van der Waals surface area contributed by atoms with Crippen LogP contribution in [0.1, 0.15) is 24.0 Å². The van der Waals surface area contributed by atoms with Crippen LogP contribution in [0.5, 0.6) is 5.75 Å². The highest BCUT2D eigenvalue weighted by molar-refractivity contribution is 6.35. The van der Waals surface area contributed by atoms with Crippen molar-refractivity contribution in [3.63, 3.8) is 0 Å². The fourth-order valence-electron chi connectivity index (χ4n) is 2.79. The minimum Gasteiger partial charge on any atom is -0.489 e. The number of halogens is 3. The number of ether oxygens (including phenoxy) is 2. The lowest BCUT2D eigenvalue weighted by molar-refractivity contribution is 0.110. The predicted octanol–water partition coefficient (Wildman–Crippen LogP) is 5.49. The summed E-state index contributed by atoms with van der Waals surface area (Å²) in [4.78, 5) is 0. The first-order valence-corrected chi connectivity index (χ1v) is 9.42. The maximum Gasteiger partial charge on any atom is 0.124 e. The molecule has 0 unspecified atom stereocenters.